The maximum Gasteiger partial charge on any atom is 0.338 e. The topological polar surface area (TPSA) is 70.2 Å². The first kappa shape index (κ1) is 25.9. The van der Waals surface area contributed by atoms with Crippen LogP contribution in [0.1, 0.15) is 49.0 Å². The van der Waals surface area contributed by atoms with Gasteiger partial charge in [0.15, 0.2) is 0 Å². The van der Waals surface area contributed by atoms with E-state index in [0.717, 1.165) is 36.2 Å². The first-order chi connectivity index (χ1) is 17.4. The molecule has 0 spiro atoms. The van der Waals surface area contributed by atoms with Crippen molar-refractivity contribution >= 4 is 45.2 Å². The van der Waals surface area contributed by atoms with Crippen molar-refractivity contribution in [2.45, 2.75) is 39.7 Å². The highest BCUT2D eigenvalue weighted by atomic mass is 35.5. The summed E-state index contributed by atoms with van der Waals surface area (Å²) in [5.41, 5.74) is 5.79. The van der Waals surface area contributed by atoms with Crippen LogP contribution in [-0.4, -0.2) is 48.1 Å². The van der Waals surface area contributed by atoms with Crippen molar-refractivity contribution in [2.75, 3.05) is 32.6 Å². The fraction of sp³-hybridized carbons (Fsp3) is 0.357. The summed E-state index contributed by atoms with van der Waals surface area (Å²) in [5, 5.41) is 3.95. The number of unbranched alkanes of at least 4 members (excludes halogenated alkanes) is 2. The van der Waals surface area contributed by atoms with Crippen molar-refractivity contribution in [3.05, 3.63) is 58.4 Å². The monoisotopic (exact) mass is 510 g/mol. The molecule has 8 heteroatoms. The third kappa shape index (κ3) is 5.32. The number of carbonyl (C=O) groups is 1. The van der Waals surface area contributed by atoms with Gasteiger partial charge < -0.3 is 19.9 Å². The Bertz CT molecular complexity index is 1400. The Labute approximate surface area is 215 Å². The molecule has 0 aliphatic heterocycles. The van der Waals surface area contributed by atoms with Gasteiger partial charge in [-0.2, -0.15) is 0 Å². The third-order valence-electron chi connectivity index (χ3n) is 6.32. The van der Waals surface area contributed by atoms with Crippen molar-refractivity contribution in [1.82, 2.24) is 14.9 Å². The van der Waals surface area contributed by atoms with Crippen LogP contribution in [0.3, 0.4) is 0 Å². The van der Waals surface area contributed by atoms with Gasteiger partial charge in [0.2, 0.25) is 0 Å². The summed E-state index contributed by atoms with van der Waals surface area (Å²) in [6.07, 6.45) is 3.45. The Morgan fingerprint density at radius 2 is 2.00 bits per heavy atom. The number of carbonyl (C=O) groups excluding carboxylic acids is 1. The van der Waals surface area contributed by atoms with E-state index in [1.165, 1.54) is 18.6 Å². The van der Waals surface area contributed by atoms with E-state index in [4.69, 9.17) is 21.3 Å². The zero-order chi connectivity index (χ0) is 25.8. The number of anilines is 1. The molecule has 0 saturated heterocycles. The van der Waals surface area contributed by atoms with Crippen molar-refractivity contribution in [2.24, 2.45) is 0 Å². The fourth-order valence-corrected chi connectivity index (χ4v) is 4.80. The minimum Gasteiger partial charge on any atom is -0.462 e. The molecule has 0 radical (unpaired) electrons. The molecule has 2 N–H and O–H groups in total. The van der Waals surface area contributed by atoms with E-state index in [9.17, 15) is 9.18 Å². The summed E-state index contributed by atoms with van der Waals surface area (Å²) in [4.78, 5) is 22.9. The minimum absolute atomic E-state index is 0.321. The highest BCUT2D eigenvalue weighted by Crippen LogP contribution is 2.37. The van der Waals surface area contributed by atoms with Crippen LogP contribution in [0.15, 0.2) is 36.4 Å². The molecule has 2 aromatic heterocycles. The number of nitrogens with one attached hydrogen (secondary N) is 2. The lowest BCUT2D eigenvalue weighted by Gasteiger charge is -2.19. The van der Waals surface area contributed by atoms with E-state index in [-0.39, 0.29) is 11.8 Å². The standard InChI is InChI=1S/C28H32ClFN4O2/c1-5-7-8-11-34(4)16-18-12-17(28(35)36-6-2)9-10-20(18)22-15-24-27(32-22)25(29)21-13-19(30)14-23(31-3)26(21)33-24/h9-10,12-15,31-32H,5-8,11,16H2,1-4H3. The highest BCUT2D eigenvalue weighted by Gasteiger charge is 2.18. The average molecular weight is 511 g/mol. The number of aromatic amines is 1. The van der Waals surface area contributed by atoms with Crippen molar-refractivity contribution < 1.29 is 13.9 Å². The normalized spacial score (nSPS) is 11.5. The third-order valence-corrected chi connectivity index (χ3v) is 6.71. The molecule has 0 unspecified atom stereocenters. The number of esters is 1. The van der Waals surface area contributed by atoms with Crippen LogP contribution in [0.5, 0.6) is 0 Å². The van der Waals surface area contributed by atoms with Gasteiger partial charge in [-0.25, -0.2) is 14.2 Å². The number of aromatic nitrogens is 2. The molecule has 36 heavy (non-hydrogen) atoms. The van der Waals surface area contributed by atoms with Crippen LogP contribution in [0.2, 0.25) is 5.02 Å². The molecule has 190 valence electrons. The van der Waals surface area contributed by atoms with Crippen molar-refractivity contribution in [3.63, 3.8) is 0 Å². The van der Waals surface area contributed by atoms with Crippen LogP contribution >= 0.6 is 11.6 Å². The van der Waals surface area contributed by atoms with Crippen LogP contribution in [0.4, 0.5) is 10.1 Å². The van der Waals surface area contributed by atoms with Crippen molar-refractivity contribution in [1.29, 1.82) is 0 Å². The van der Waals surface area contributed by atoms with Gasteiger partial charge >= 0.3 is 5.97 Å². The molecule has 2 aromatic carbocycles. The predicted octanol–water partition coefficient (Wildman–Crippen LogP) is 7.02. The second-order valence-electron chi connectivity index (χ2n) is 9.01. The molecule has 4 rings (SSSR count). The van der Waals surface area contributed by atoms with Crippen LogP contribution < -0.4 is 5.32 Å². The van der Waals surface area contributed by atoms with Gasteiger partial charge in [0.25, 0.3) is 0 Å². The molecule has 0 saturated carbocycles. The number of nitrogens with zero attached hydrogens (tertiary/aromatic N) is 2. The summed E-state index contributed by atoms with van der Waals surface area (Å²) in [6.45, 7) is 5.93. The molecular formula is C28H32ClFN4O2. The van der Waals surface area contributed by atoms with Gasteiger partial charge in [-0.3, -0.25) is 0 Å². The molecular weight excluding hydrogens is 479 g/mol. The maximum atomic E-state index is 14.2. The van der Waals surface area contributed by atoms with Gasteiger partial charge in [0.05, 0.1) is 39.4 Å². The first-order valence-electron chi connectivity index (χ1n) is 12.3. The Morgan fingerprint density at radius 3 is 2.72 bits per heavy atom. The van der Waals surface area contributed by atoms with E-state index in [2.05, 4.69) is 29.2 Å². The summed E-state index contributed by atoms with van der Waals surface area (Å²) in [7, 11) is 3.81. The highest BCUT2D eigenvalue weighted by molar-refractivity contribution is 6.40. The summed E-state index contributed by atoms with van der Waals surface area (Å²) in [5.74, 6) is -0.724. The number of fused-ring (bicyclic) bond motifs is 2. The number of pyridine rings is 1. The Balaban J connectivity index is 1.81. The van der Waals surface area contributed by atoms with E-state index in [1.807, 2.05) is 18.2 Å². The molecule has 2 heterocycles. The Morgan fingerprint density at radius 1 is 1.19 bits per heavy atom. The van der Waals surface area contributed by atoms with Crippen LogP contribution in [-0.2, 0) is 11.3 Å². The number of benzene rings is 2. The summed E-state index contributed by atoms with van der Waals surface area (Å²) in [6, 6.07) is 10.4. The van der Waals surface area contributed by atoms with Crippen molar-refractivity contribution in [3.8, 4) is 11.3 Å². The van der Waals surface area contributed by atoms with Gasteiger partial charge in [0, 0.05) is 30.2 Å². The molecule has 0 fully saturated rings. The number of hydrogen-bond donors (Lipinski definition) is 2. The minimum atomic E-state index is -0.385. The van der Waals surface area contributed by atoms with Crippen LogP contribution in [0, 0.1) is 5.82 Å². The number of H-pyrrole nitrogens is 1. The number of hydrogen-bond acceptors (Lipinski definition) is 5. The van der Waals surface area contributed by atoms with E-state index in [0.29, 0.717) is 51.4 Å². The smallest absolute Gasteiger partial charge is 0.338 e. The largest absolute Gasteiger partial charge is 0.462 e. The van der Waals surface area contributed by atoms with Gasteiger partial charge in [-0.1, -0.05) is 37.4 Å². The Kier molecular flexibility index (Phi) is 8.11. The van der Waals surface area contributed by atoms with Gasteiger partial charge in [-0.15, -0.1) is 0 Å². The number of halogens is 2. The van der Waals surface area contributed by atoms with E-state index >= 15 is 0 Å². The van der Waals surface area contributed by atoms with E-state index in [1.54, 1.807) is 20.0 Å². The lowest BCUT2D eigenvalue weighted by molar-refractivity contribution is 0.0526. The molecule has 4 aromatic rings. The predicted molar refractivity (Wildman–Crippen MR) is 145 cm³/mol. The molecule has 6 nitrogen and oxygen atoms in total. The van der Waals surface area contributed by atoms with E-state index < -0.39 is 0 Å². The lowest BCUT2D eigenvalue weighted by Crippen LogP contribution is -2.20. The summed E-state index contributed by atoms with van der Waals surface area (Å²) < 4.78 is 19.4. The van der Waals surface area contributed by atoms with Gasteiger partial charge in [-0.05, 0) is 62.8 Å². The molecule has 0 bridgehead atoms. The molecule has 0 atom stereocenters. The quantitative estimate of drug-likeness (QED) is 0.177. The first-order valence-corrected chi connectivity index (χ1v) is 12.7. The number of ether oxygens (including phenoxy) is 1. The Hall–Kier alpha value is -3.16. The van der Waals surface area contributed by atoms with Gasteiger partial charge in [0.1, 0.15) is 5.82 Å². The molecule has 0 aliphatic rings. The maximum absolute atomic E-state index is 14.2. The molecule has 0 amide bonds. The molecule has 0 aliphatic carbocycles. The lowest BCUT2D eigenvalue weighted by atomic mass is 10.0. The summed E-state index contributed by atoms with van der Waals surface area (Å²) >= 11 is 6.74. The second kappa shape index (κ2) is 11.3. The second-order valence-corrected chi connectivity index (χ2v) is 9.38. The van der Waals surface area contributed by atoms with Crippen LogP contribution in [0.25, 0.3) is 33.2 Å². The zero-order valence-electron chi connectivity index (χ0n) is 21.2. The average Bonchev–Trinajstić information content (AvgIpc) is 3.29. The fourth-order valence-electron chi connectivity index (χ4n) is 4.51. The SMILES string of the molecule is CCCCCN(C)Cc1cc(C(=O)OCC)ccc1-c1cc2nc3c(NC)cc(F)cc3c(Cl)c2[nH]1. The number of rotatable bonds is 10. The zero-order valence-corrected chi connectivity index (χ0v) is 21.9.